The van der Waals surface area contributed by atoms with Gasteiger partial charge in [-0.3, -0.25) is 9.52 Å². The van der Waals surface area contributed by atoms with Crippen LogP contribution in [0.2, 0.25) is 0 Å². The van der Waals surface area contributed by atoms with Crippen molar-refractivity contribution in [3.05, 3.63) is 59.7 Å². The molecule has 144 valence electrons. The van der Waals surface area contributed by atoms with Gasteiger partial charge in [0.1, 0.15) is 0 Å². The summed E-state index contributed by atoms with van der Waals surface area (Å²) in [7, 11) is -3.36. The minimum absolute atomic E-state index is 0.203. The molecule has 6 nitrogen and oxygen atoms in total. The van der Waals surface area contributed by atoms with Crippen molar-refractivity contribution in [2.24, 2.45) is 0 Å². The van der Waals surface area contributed by atoms with Gasteiger partial charge in [0, 0.05) is 36.6 Å². The Labute approximate surface area is 160 Å². The van der Waals surface area contributed by atoms with Gasteiger partial charge in [-0.15, -0.1) is 0 Å². The first-order valence-corrected chi connectivity index (χ1v) is 11.0. The molecule has 0 spiro atoms. The number of carbonyl (C=O) groups is 1. The average molecular weight is 388 g/mol. The Kier molecular flexibility index (Phi) is 6.01. The van der Waals surface area contributed by atoms with Gasteiger partial charge in [0.05, 0.1) is 6.26 Å². The van der Waals surface area contributed by atoms with E-state index in [9.17, 15) is 13.2 Å². The minimum atomic E-state index is -3.36. The Morgan fingerprint density at radius 1 is 1.15 bits per heavy atom. The molecule has 0 saturated carbocycles. The van der Waals surface area contributed by atoms with E-state index < -0.39 is 10.0 Å². The van der Waals surface area contributed by atoms with E-state index in [0.717, 1.165) is 38.6 Å². The van der Waals surface area contributed by atoms with Gasteiger partial charge in [-0.05, 0) is 49.1 Å². The summed E-state index contributed by atoms with van der Waals surface area (Å²) < 4.78 is 25.0. The lowest BCUT2D eigenvalue weighted by Crippen LogP contribution is -2.33. The van der Waals surface area contributed by atoms with Crippen molar-refractivity contribution in [1.29, 1.82) is 0 Å². The SMILES string of the molecule is CS(=O)(=O)Nc1cccc(C(=O)NCCCN2CCCc3ccccc32)c1. The number of fused-ring (bicyclic) bond motifs is 1. The van der Waals surface area contributed by atoms with E-state index in [1.807, 2.05) is 0 Å². The molecule has 1 aliphatic rings. The number of sulfonamides is 1. The number of aryl methyl sites for hydroxylation is 1. The lowest BCUT2D eigenvalue weighted by Gasteiger charge is -2.31. The predicted octanol–water partition coefficient (Wildman–Crippen LogP) is 2.63. The molecule has 0 unspecified atom stereocenters. The van der Waals surface area contributed by atoms with Crippen molar-refractivity contribution in [2.75, 3.05) is 35.5 Å². The van der Waals surface area contributed by atoms with Crippen LogP contribution in [0, 0.1) is 0 Å². The van der Waals surface area contributed by atoms with E-state index in [4.69, 9.17) is 0 Å². The molecule has 1 amide bonds. The van der Waals surface area contributed by atoms with Gasteiger partial charge in [-0.1, -0.05) is 24.3 Å². The summed E-state index contributed by atoms with van der Waals surface area (Å²) in [6, 6.07) is 15.0. The maximum atomic E-state index is 12.3. The van der Waals surface area contributed by atoms with Gasteiger partial charge in [-0.2, -0.15) is 0 Å². The molecule has 27 heavy (non-hydrogen) atoms. The number of nitrogens with zero attached hydrogens (tertiary/aromatic N) is 1. The number of anilines is 2. The summed E-state index contributed by atoms with van der Waals surface area (Å²) in [6.45, 7) is 2.51. The van der Waals surface area contributed by atoms with Crippen molar-refractivity contribution in [2.45, 2.75) is 19.3 Å². The molecule has 0 fully saturated rings. The smallest absolute Gasteiger partial charge is 0.251 e. The molecule has 0 aliphatic carbocycles. The van der Waals surface area contributed by atoms with Crippen LogP contribution in [-0.2, 0) is 16.4 Å². The topological polar surface area (TPSA) is 78.5 Å². The maximum absolute atomic E-state index is 12.3. The Morgan fingerprint density at radius 2 is 1.96 bits per heavy atom. The van der Waals surface area contributed by atoms with E-state index in [1.54, 1.807) is 18.2 Å². The van der Waals surface area contributed by atoms with Crippen LogP contribution < -0.4 is 14.9 Å². The molecule has 0 aromatic heterocycles. The van der Waals surface area contributed by atoms with Crippen LogP contribution in [0.25, 0.3) is 0 Å². The fraction of sp³-hybridized carbons (Fsp3) is 0.350. The highest BCUT2D eigenvalue weighted by Gasteiger charge is 2.15. The number of benzene rings is 2. The van der Waals surface area contributed by atoms with Gasteiger partial charge in [0.15, 0.2) is 0 Å². The lowest BCUT2D eigenvalue weighted by molar-refractivity contribution is 0.0953. The summed E-state index contributed by atoms with van der Waals surface area (Å²) in [5.41, 5.74) is 3.51. The number of rotatable bonds is 7. The van der Waals surface area contributed by atoms with Gasteiger partial charge >= 0.3 is 0 Å². The third-order valence-electron chi connectivity index (χ3n) is 4.52. The van der Waals surface area contributed by atoms with Crippen molar-refractivity contribution in [1.82, 2.24) is 5.32 Å². The van der Waals surface area contributed by atoms with Crippen molar-refractivity contribution in [3.63, 3.8) is 0 Å². The largest absolute Gasteiger partial charge is 0.371 e. The Morgan fingerprint density at radius 3 is 2.78 bits per heavy atom. The minimum Gasteiger partial charge on any atom is -0.371 e. The van der Waals surface area contributed by atoms with Gasteiger partial charge in [-0.25, -0.2) is 8.42 Å². The van der Waals surface area contributed by atoms with E-state index in [0.29, 0.717) is 17.8 Å². The molecule has 0 radical (unpaired) electrons. The quantitative estimate of drug-likeness (QED) is 0.716. The Bertz CT molecular complexity index is 912. The molecule has 2 N–H and O–H groups in total. The first kappa shape index (κ1) is 19.2. The summed E-state index contributed by atoms with van der Waals surface area (Å²) in [4.78, 5) is 14.7. The molecule has 1 heterocycles. The molecule has 2 aromatic carbocycles. The van der Waals surface area contributed by atoms with Crippen LogP contribution in [0.4, 0.5) is 11.4 Å². The zero-order chi connectivity index (χ0) is 19.3. The van der Waals surface area contributed by atoms with Crippen LogP contribution in [0.3, 0.4) is 0 Å². The fourth-order valence-corrected chi connectivity index (χ4v) is 3.91. The molecular weight excluding hydrogens is 362 g/mol. The predicted molar refractivity (Wildman–Crippen MR) is 109 cm³/mol. The average Bonchev–Trinajstić information content (AvgIpc) is 2.64. The molecule has 7 heteroatoms. The highest BCUT2D eigenvalue weighted by Crippen LogP contribution is 2.26. The number of hydrogen-bond donors (Lipinski definition) is 2. The van der Waals surface area contributed by atoms with E-state index in [-0.39, 0.29) is 5.91 Å². The molecule has 1 aliphatic heterocycles. The van der Waals surface area contributed by atoms with E-state index >= 15 is 0 Å². The second-order valence-corrected chi connectivity index (χ2v) is 8.53. The Balaban J connectivity index is 1.50. The van der Waals surface area contributed by atoms with Gasteiger partial charge in [0.25, 0.3) is 5.91 Å². The third kappa shape index (κ3) is 5.47. The summed E-state index contributed by atoms with van der Waals surface area (Å²) >= 11 is 0. The molecule has 0 saturated heterocycles. The second kappa shape index (κ2) is 8.43. The zero-order valence-corrected chi connectivity index (χ0v) is 16.3. The van der Waals surface area contributed by atoms with Crippen LogP contribution >= 0.6 is 0 Å². The van der Waals surface area contributed by atoms with Gasteiger partial charge in [0.2, 0.25) is 10.0 Å². The van der Waals surface area contributed by atoms with Crippen LogP contribution in [0.15, 0.2) is 48.5 Å². The van der Waals surface area contributed by atoms with Crippen LogP contribution in [-0.4, -0.2) is 40.2 Å². The number of carbonyl (C=O) groups excluding carboxylic acids is 1. The summed E-state index contributed by atoms with van der Waals surface area (Å²) in [6.07, 6.45) is 4.21. The molecule has 0 bridgehead atoms. The molecule has 2 aromatic rings. The first-order valence-electron chi connectivity index (χ1n) is 9.11. The monoisotopic (exact) mass is 387 g/mol. The van der Waals surface area contributed by atoms with E-state index in [2.05, 4.69) is 39.2 Å². The number of amides is 1. The summed E-state index contributed by atoms with van der Waals surface area (Å²) in [5.74, 6) is -0.203. The zero-order valence-electron chi connectivity index (χ0n) is 15.4. The second-order valence-electron chi connectivity index (χ2n) is 6.78. The third-order valence-corrected chi connectivity index (χ3v) is 5.13. The van der Waals surface area contributed by atoms with Crippen molar-refractivity contribution >= 4 is 27.3 Å². The highest BCUT2D eigenvalue weighted by atomic mass is 32.2. The van der Waals surface area contributed by atoms with Crippen LogP contribution in [0.5, 0.6) is 0 Å². The fourth-order valence-electron chi connectivity index (χ4n) is 3.36. The Hall–Kier alpha value is -2.54. The summed E-state index contributed by atoms with van der Waals surface area (Å²) in [5, 5.41) is 2.91. The standard InChI is InChI=1S/C20H25N3O3S/c1-27(25,26)22-18-10-4-8-17(15-18)20(24)21-12-6-14-23-13-5-9-16-7-2-3-11-19(16)23/h2-4,7-8,10-11,15,22H,5-6,9,12-14H2,1H3,(H,21,24). The number of nitrogens with one attached hydrogen (secondary N) is 2. The van der Waals surface area contributed by atoms with Crippen molar-refractivity contribution < 1.29 is 13.2 Å². The van der Waals surface area contributed by atoms with Crippen molar-refractivity contribution in [3.8, 4) is 0 Å². The molecular formula is C20H25N3O3S. The molecule has 3 rings (SSSR count). The highest BCUT2D eigenvalue weighted by molar-refractivity contribution is 7.92. The first-order chi connectivity index (χ1) is 12.9. The number of hydrogen-bond acceptors (Lipinski definition) is 4. The molecule has 0 atom stereocenters. The van der Waals surface area contributed by atoms with E-state index in [1.165, 1.54) is 17.3 Å². The van der Waals surface area contributed by atoms with Gasteiger partial charge < -0.3 is 10.2 Å². The van der Waals surface area contributed by atoms with Crippen LogP contribution in [0.1, 0.15) is 28.8 Å². The normalized spacial score (nSPS) is 13.7. The lowest BCUT2D eigenvalue weighted by atomic mass is 10.0. The maximum Gasteiger partial charge on any atom is 0.251 e. The number of para-hydroxylation sites is 1.